The lowest BCUT2D eigenvalue weighted by Crippen LogP contribution is -2.31. The summed E-state index contributed by atoms with van der Waals surface area (Å²) in [6, 6.07) is 6.08. The lowest BCUT2D eigenvalue weighted by Gasteiger charge is -2.29. The number of fused-ring (bicyclic) bond motifs is 1. The number of halogens is 2. The summed E-state index contributed by atoms with van der Waals surface area (Å²) in [5, 5.41) is 4.81. The molecule has 1 aromatic carbocycles. The van der Waals surface area contributed by atoms with Gasteiger partial charge in [0.25, 0.3) is 0 Å². The van der Waals surface area contributed by atoms with E-state index in [2.05, 4.69) is 18.3 Å². The van der Waals surface area contributed by atoms with Gasteiger partial charge in [0.1, 0.15) is 0 Å². The minimum Gasteiger partial charge on any atom is -0.378 e. The van der Waals surface area contributed by atoms with E-state index in [4.69, 9.17) is 27.9 Å². The number of hydrogen-bond donors (Lipinski definition) is 1. The van der Waals surface area contributed by atoms with E-state index in [1.54, 1.807) is 0 Å². The first kappa shape index (κ1) is 13.7. The highest BCUT2D eigenvalue weighted by atomic mass is 35.5. The molecule has 2 fully saturated rings. The van der Waals surface area contributed by atoms with Gasteiger partial charge in [-0.1, -0.05) is 29.3 Å². The van der Waals surface area contributed by atoms with Gasteiger partial charge in [0.2, 0.25) is 0 Å². The van der Waals surface area contributed by atoms with Crippen molar-refractivity contribution >= 4 is 23.2 Å². The van der Waals surface area contributed by atoms with E-state index in [9.17, 15) is 0 Å². The van der Waals surface area contributed by atoms with Gasteiger partial charge < -0.3 is 10.1 Å². The largest absolute Gasteiger partial charge is 0.378 e. The van der Waals surface area contributed by atoms with Gasteiger partial charge in [-0.3, -0.25) is 0 Å². The first-order valence-electron chi connectivity index (χ1n) is 6.93. The van der Waals surface area contributed by atoms with Gasteiger partial charge in [-0.05, 0) is 49.9 Å². The highest BCUT2D eigenvalue weighted by Gasteiger charge is 2.51. The van der Waals surface area contributed by atoms with Crippen LogP contribution in [0.1, 0.15) is 25.3 Å². The van der Waals surface area contributed by atoms with Crippen molar-refractivity contribution in [2.24, 2.45) is 5.92 Å². The molecule has 2 nitrogen and oxygen atoms in total. The number of rotatable bonds is 3. The molecular formula is C15H19Cl2NO. The van der Waals surface area contributed by atoms with Crippen LogP contribution in [0, 0.1) is 5.92 Å². The lowest BCUT2D eigenvalue weighted by atomic mass is 9.74. The van der Waals surface area contributed by atoms with Crippen LogP contribution in [-0.4, -0.2) is 25.8 Å². The minimum absolute atomic E-state index is 0.175. The summed E-state index contributed by atoms with van der Waals surface area (Å²) in [7, 11) is 0. The van der Waals surface area contributed by atoms with E-state index in [-0.39, 0.29) is 5.41 Å². The monoisotopic (exact) mass is 299 g/mol. The average Bonchev–Trinajstić information content (AvgIpc) is 2.90. The fraction of sp³-hybridized carbons (Fsp3) is 0.600. The zero-order valence-electron chi connectivity index (χ0n) is 11.1. The maximum Gasteiger partial charge on any atom is 0.0595 e. The lowest BCUT2D eigenvalue weighted by molar-refractivity contribution is 0.0613. The van der Waals surface area contributed by atoms with E-state index in [1.165, 1.54) is 5.56 Å². The van der Waals surface area contributed by atoms with E-state index >= 15 is 0 Å². The molecule has 3 rings (SSSR count). The molecule has 0 spiro atoms. The third kappa shape index (κ3) is 2.29. The molecule has 1 aliphatic carbocycles. The van der Waals surface area contributed by atoms with Gasteiger partial charge in [0.15, 0.2) is 0 Å². The summed E-state index contributed by atoms with van der Waals surface area (Å²) >= 11 is 12.2. The zero-order valence-corrected chi connectivity index (χ0v) is 12.6. The Kier molecular flexibility index (Phi) is 3.78. The van der Waals surface area contributed by atoms with Crippen LogP contribution in [0.25, 0.3) is 0 Å². The van der Waals surface area contributed by atoms with Crippen molar-refractivity contribution in [1.29, 1.82) is 0 Å². The van der Waals surface area contributed by atoms with Crippen molar-refractivity contribution in [1.82, 2.24) is 5.32 Å². The number of ether oxygens (including phenoxy) is 1. The van der Waals surface area contributed by atoms with Gasteiger partial charge >= 0.3 is 0 Å². The Hall–Kier alpha value is -0.280. The van der Waals surface area contributed by atoms with Gasteiger partial charge in [-0.25, -0.2) is 0 Å². The van der Waals surface area contributed by atoms with E-state index < -0.39 is 0 Å². The minimum atomic E-state index is 0.175. The first-order valence-corrected chi connectivity index (χ1v) is 7.69. The van der Waals surface area contributed by atoms with E-state index in [0.717, 1.165) is 32.5 Å². The summed E-state index contributed by atoms with van der Waals surface area (Å²) < 4.78 is 5.85. The molecule has 1 aromatic rings. The van der Waals surface area contributed by atoms with Crippen LogP contribution in [0.2, 0.25) is 10.0 Å². The predicted octanol–water partition coefficient (Wildman–Crippen LogP) is 3.65. The SMILES string of the molecule is CCO[C@H]1CC2CNCC2(c2ccc(Cl)c(Cl)c2)C1. The molecule has 104 valence electrons. The molecule has 3 atom stereocenters. The standard InChI is InChI=1S/C15H19Cl2NO/c1-2-19-12-5-11-8-18-9-15(11,7-12)10-3-4-13(16)14(17)6-10/h3-4,6,11-12,18H,2,5,7-9H2,1H3/t11?,12-,15?/m0/s1. The van der Waals surface area contributed by atoms with Gasteiger partial charge in [0, 0.05) is 18.6 Å². The molecule has 1 saturated carbocycles. The first-order chi connectivity index (χ1) is 9.15. The second kappa shape index (κ2) is 5.25. The van der Waals surface area contributed by atoms with Crippen molar-refractivity contribution in [3.8, 4) is 0 Å². The fourth-order valence-electron chi connectivity index (χ4n) is 3.79. The number of nitrogens with one attached hydrogen (secondary N) is 1. The Labute approximate surface area is 124 Å². The smallest absolute Gasteiger partial charge is 0.0595 e. The van der Waals surface area contributed by atoms with Crippen LogP contribution in [0.5, 0.6) is 0 Å². The highest BCUT2D eigenvalue weighted by molar-refractivity contribution is 6.42. The predicted molar refractivity (Wildman–Crippen MR) is 79.1 cm³/mol. The molecule has 0 bridgehead atoms. The summed E-state index contributed by atoms with van der Waals surface area (Å²) in [4.78, 5) is 0. The summed E-state index contributed by atoms with van der Waals surface area (Å²) in [6.07, 6.45) is 2.60. The van der Waals surface area contributed by atoms with Crippen molar-refractivity contribution < 1.29 is 4.74 Å². The third-order valence-corrected chi connectivity index (χ3v) is 5.39. The van der Waals surface area contributed by atoms with Crippen LogP contribution in [0.4, 0.5) is 0 Å². The second-order valence-corrected chi connectivity index (χ2v) is 6.44. The van der Waals surface area contributed by atoms with Crippen LogP contribution in [-0.2, 0) is 10.2 Å². The Balaban J connectivity index is 1.93. The second-order valence-electron chi connectivity index (χ2n) is 5.63. The molecule has 1 saturated heterocycles. The maximum absolute atomic E-state index is 6.19. The van der Waals surface area contributed by atoms with Gasteiger partial charge in [-0.2, -0.15) is 0 Å². The molecule has 19 heavy (non-hydrogen) atoms. The summed E-state index contributed by atoms with van der Waals surface area (Å²) in [5.74, 6) is 0.640. The van der Waals surface area contributed by atoms with Crippen LogP contribution < -0.4 is 5.32 Å². The highest BCUT2D eigenvalue weighted by Crippen LogP contribution is 2.49. The molecule has 1 heterocycles. The normalized spacial score (nSPS) is 33.6. The van der Waals surface area contributed by atoms with Gasteiger partial charge in [0.05, 0.1) is 16.1 Å². The molecular weight excluding hydrogens is 281 g/mol. The van der Waals surface area contributed by atoms with Crippen LogP contribution >= 0.6 is 23.2 Å². The Bertz CT molecular complexity index is 479. The summed E-state index contributed by atoms with van der Waals surface area (Å²) in [5.41, 5.74) is 1.48. The zero-order chi connectivity index (χ0) is 13.5. The summed E-state index contributed by atoms with van der Waals surface area (Å²) in [6.45, 7) is 4.95. The van der Waals surface area contributed by atoms with Crippen molar-refractivity contribution in [3.63, 3.8) is 0 Å². The quantitative estimate of drug-likeness (QED) is 0.920. The van der Waals surface area contributed by atoms with Gasteiger partial charge in [-0.15, -0.1) is 0 Å². The molecule has 2 aliphatic rings. The topological polar surface area (TPSA) is 21.3 Å². The molecule has 2 unspecified atom stereocenters. The van der Waals surface area contributed by atoms with Crippen molar-refractivity contribution in [2.45, 2.75) is 31.3 Å². The number of hydrogen-bond acceptors (Lipinski definition) is 2. The Morgan fingerprint density at radius 3 is 2.95 bits per heavy atom. The molecule has 4 heteroatoms. The van der Waals surface area contributed by atoms with Crippen molar-refractivity contribution in [3.05, 3.63) is 33.8 Å². The maximum atomic E-state index is 6.19. The fourth-order valence-corrected chi connectivity index (χ4v) is 4.09. The number of benzene rings is 1. The third-order valence-electron chi connectivity index (χ3n) is 4.65. The van der Waals surface area contributed by atoms with E-state index in [1.807, 2.05) is 12.1 Å². The molecule has 0 aromatic heterocycles. The Morgan fingerprint density at radius 2 is 2.21 bits per heavy atom. The Morgan fingerprint density at radius 1 is 1.37 bits per heavy atom. The van der Waals surface area contributed by atoms with Crippen LogP contribution in [0.3, 0.4) is 0 Å². The average molecular weight is 300 g/mol. The van der Waals surface area contributed by atoms with Crippen LogP contribution in [0.15, 0.2) is 18.2 Å². The van der Waals surface area contributed by atoms with E-state index in [0.29, 0.717) is 22.1 Å². The molecule has 1 N–H and O–H groups in total. The van der Waals surface area contributed by atoms with Crippen molar-refractivity contribution in [2.75, 3.05) is 19.7 Å². The molecule has 0 amide bonds. The molecule has 1 aliphatic heterocycles. The molecule has 0 radical (unpaired) electrons.